The summed E-state index contributed by atoms with van der Waals surface area (Å²) in [5.74, 6) is 2.52. The van der Waals surface area contributed by atoms with Crippen molar-refractivity contribution in [2.24, 2.45) is 23.5 Å². The lowest BCUT2D eigenvalue weighted by molar-refractivity contribution is 0.224. The molecule has 1 fully saturated rings. The van der Waals surface area contributed by atoms with Crippen molar-refractivity contribution in [3.8, 4) is 0 Å². The SMILES string of the molecule is CCC[C@@H](C)C[C@@H](CN)C1CCNCC1. The fraction of sp³-hybridized carbons (Fsp3) is 1.00. The van der Waals surface area contributed by atoms with Crippen LogP contribution in [0, 0.1) is 17.8 Å². The summed E-state index contributed by atoms with van der Waals surface area (Å²) in [4.78, 5) is 0. The quantitative estimate of drug-likeness (QED) is 0.709. The van der Waals surface area contributed by atoms with Gasteiger partial charge < -0.3 is 11.1 Å². The van der Waals surface area contributed by atoms with Gasteiger partial charge in [0.25, 0.3) is 0 Å². The van der Waals surface area contributed by atoms with Crippen LogP contribution in [0.15, 0.2) is 0 Å². The van der Waals surface area contributed by atoms with Gasteiger partial charge in [-0.25, -0.2) is 0 Å². The van der Waals surface area contributed by atoms with Crippen molar-refractivity contribution in [2.45, 2.75) is 46.0 Å². The van der Waals surface area contributed by atoms with Crippen LogP contribution in [-0.4, -0.2) is 19.6 Å². The molecular weight excluding hydrogens is 184 g/mol. The predicted octanol–water partition coefficient (Wildman–Crippen LogP) is 2.39. The third-order valence-corrected chi connectivity index (χ3v) is 3.84. The topological polar surface area (TPSA) is 38.0 Å². The summed E-state index contributed by atoms with van der Waals surface area (Å²) in [5.41, 5.74) is 5.93. The molecule has 2 atom stereocenters. The van der Waals surface area contributed by atoms with Crippen LogP contribution in [0.25, 0.3) is 0 Å². The van der Waals surface area contributed by atoms with E-state index in [1.165, 1.54) is 45.2 Å². The number of hydrogen-bond acceptors (Lipinski definition) is 2. The number of hydrogen-bond donors (Lipinski definition) is 2. The standard InChI is InChI=1S/C13H28N2/c1-3-4-11(2)9-13(10-14)12-5-7-15-8-6-12/h11-13,15H,3-10,14H2,1-2H3/t11-,13+/m1/s1. The molecule has 1 saturated heterocycles. The van der Waals surface area contributed by atoms with Crippen LogP contribution in [0.1, 0.15) is 46.0 Å². The molecule has 0 aromatic carbocycles. The summed E-state index contributed by atoms with van der Waals surface area (Å²) in [6.07, 6.45) is 6.68. The maximum atomic E-state index is 5.93. The van der Waals surface area contributed by atoms with E-state index in [4.69, 9.17) is 5.73 Å². The minimum absolute atomic E-state index is 0.772. The maximum Gasteiger partial charge on any atom is -0.00461 e. The third-order valence-electron chi connectivity index (χ3n) is 3.84. The Morgan fingerprint density at radius 2 is 2.00 bits per heavy atom. The Hall–Kier alpha value is -0.0800. The van der Waals surface area contributed by atoms with Gasteiger partial charge in [-0.15, -0.1) is 0 Å². The average molecular weight is 212 g/mol. The van der Waals surface area contributed by atoms with E-state index in [9.17, 15) is 0 Å². The molecular formula is C13H28N2. The first-order valence-corrected chi connectivity index (χ1v) is 6.68. The Labute approximate surface area is 95.0 Å². The zero-order valence-electron chi connectivity index (χ0n) is 10.5. The fourth-order valence-corrected chi connectivity index (χ4v) is 2.92. The molecule has 3 N–H and O–H groups in total. The zero-order valence-corrected chi connectivity index (χ0v) is 10.5. The van der Waals surface area contributed by atoms with Crippen LogP contribution in [0.4, 0.5) is 0 Å². The first kappa shape index (κ1) is 13.0. The van der Waals surface area contributed by atoms with Crippen molar-refractivity contribution in [3.05, 3.63) is 0 Å². The van der Waals surface area contributed by atoms with Gasteiger partial charge in [0.05, 0.1) is 0 Å². The minimum Gasteiger partial charge on any atom is -0.330 e. The van der Waals surface area contributed by atoms with Crippen molar-refractivity contribution >= 4 is 0 Å². The molecule has 0 saturated carbocycles. The van der Waals surface area contributed by atoms with Gasteiger partial charge in [0.1, 0.15) is 0 Å². The van der Waals surface area contributed by atoms with Gasteiger partial charge in [0.2, 0.25) is 0 Å². The lowest BCUT2D eigenvalue weighted by atomic mass is 9.79. The van der Waals surface area contributed by atoms with Crippen molar-refractivity contribution in [1.29, 1.82) is 0 Å². The van der Waals surface area contributed by atoms with Crippen LogP contribution < -0.4 is 11.1 Å². The molecule has 0 radical (unpaired) electrons. The van der Waals surface area contributed by atoms with Gasteiger partial charge in [-0.3, -0.25) is 0 Å². The molecule has 1 rings (SSSR count). The Kier molecular flexibility index (Phi) is 6.26. The van der Waals surface area contributed by atoms with E-state index in [1.54, 1.807) is 0 Å². The van der Waals surface area contributed by atoms with Crippen molar-refractivity contribution in [3.63, 3.8) is 0 Å². The minimum atomic E-state index is 0.772. The van der Waals surface area contributed by atoms with Crippen LogP contribution in [0.5, 0.6) is 0 Å². The number of nitrogens with two attached hydrogens (primary N) is 1. The summed E-state index contributed by atoms with van der Waals surface area (Å²) in [6.45, 7) is 7.94. The van der Waals surface area contributed by atoms with E-state index in [1.807, 2.05) is 0 Å². The van der Waals surface area contributed by atoms with E-state index in [0.717, 1.165) is 24.3 Å². The predicted molar refractivity (Wildman–Crippen MR) is 66.8 cm³/mol. The highest BCUT2D eigenvalue weighted by Crippen LogP contribution is 2.28. The summed E-state index contributed by atoms with van der Waals surface area (Å²) in [5, 5.41) is 3.43. The highest BCUT2D eigenvalue weighted by Gasteiger charge is 2.23. The van der Waals surface area contributed by atoms with Crippen LogP contribution in [-0.2, 0) is 0 Å². The molecule has 2 nitrogen and oxygen atoms in total. The van der Waals surface area contributed by atoms with E-state index < -0.39 is 0 Å². The second-order valence-corrected chi connectivity index (χ2v) is 5.21. The van der Waals surface area contributed by atoms with Crippen molar-refractivity contribution in [1.82, 2.24) is 5.32 Å². The smallest absolute Gasteiger partial charge is 0.00461 e. The summed E-state index contributed by atoms with van der Waals surface area (Å²) in [7, 11) is 0. The second kappa shape index (κ2) is 7.24. The average Bonchev–Trinajstić information content (AvgIpc) is 2.27. The van der Waals surface area contributed by atoms with Gasteiger partial charge in [-0.1, -0.05) is 26.7 Å². The Balaban J connectivity index is 2.32. The van der Waals surface area contributed by atoms with Crippen LogP contribution in [0.2, 0.25) is 0 Å². The molecule has 0 spiro atoms. The van der Waals surface area contributed by atoms with Gasteiger partial charge in [-0.05, 0) is 56.7 Å². The van der Waals surface area contributed by atoms with Gasteiger partial charge in [0.15, 0.2) is 0 Å². The molecule has 0 aromatic heterocycles. The molecule has 0 bridgehead atoms. The summed E-state index contributed by atoms with van der Waals surface area (Å²) < 4.78 is 0. The van der Waals surface area contributed by atoms with Gasteiger partial charge in [0, 0.05) is 0 Å². The Morgan fingerprint density at radius 1 is 1.33 bits per heavy atom. The molecule has 2 heteroatoms. The normalized spacial score (nSPS) is 22.6. The third kappa shape index (κ3) is 4.52. The van der Waals surface area contributed by atoms with Crippen LogP contribution in [0.3, 0.4) is 0 Å². The largest absolute Gasteiger partial charge is 0.330 e. The summed E-state index contributed by atoms with van der Waals surface area (Å²) >= 11 is 0. The lowest BCUT2D eigenvalue weighted by Gasteiger charge is -2.31. The zero-order chi connectivity index (χ0) is 11.1. The molecule has 0 aromatic rings. The van der Waals surface area contributed by atoms with E-state index in [-0.39, 0.29) is 0 Å². The molecule has 1 aliphatic heterocycles. The Morgan fingerprint density at radius 3 is 2.53 bits per heavy atom. The highest BCUT2D eigenvalue weighted by molar-refractivity contribution is 4.77. The maximum absolute atomic E-state index is 5.93. The molecule has 15 heavy (non-hydrogen) atoms. The highest BCUT2D eigenvalue weighted by atomic mass is 14.9. The first-order chi connectivity index (χ1) is 7.27. The summed E-state index contributed by atoms with van der Waals surface area (Å²) in [6, 6.07) is 0. The molecule has 1 aliphatic rings. The molecule has 1 heterocycles. The first-order valence-electron chi connectivity index (χ1n) is 6.68. The van der Waals surface area contributed by atoms with Crippen molar-refractivity contribution < 1.29 is 0 Å². The van der Waals surface area contributed by atoms with Gasteiger partial charge >= 0.3 is 0 Å². The lowest BCUT2D eigenvalue weighted by Crippen LogP contribution is -2.35. The van der Waals surface area contributed by atoms with Crippen LogP contribution >= 0.6 is 0 Å². The second-order valence-electron chi connectivity index (χ2n) is 5.21. The van der Waals surface area contributed by atoms with Gasteiger partial charge in [-0.2, -0.15) is 0 Å². The fourth-order valence-electron chi connectivity index (χ4n) is 2.92. The Bertz CT molecular complexity index is 153. The van der Waals surface area contributed by atoms with E-state index in [0.29, 0.717) is 0 Å². The molecule has 90 valence electrons. The van der Waals surface area contributed by atoms with Crippen molar-refractivity contribution in [2.75, 3.05) is 19.6 Å². The van der Waals surface area contributed by atoms with E-state index >= 15 is 0 Å². The molecule has 0 unspecified atom stereocenters. The number of rotatable bonds is 6. The monoisotopic (exact) mass is 212 g/mol. The molecule has 0 aliphatic carbocycles. The number of piperidine rings is 1. The molecule has 0 amide bonds. The van der Waals surface area contributed by atoms with E-state index in [2.05, 4.69) is 19.2 Å². The number of nitrogens with one attached hydrogen (secondary N) is 1.